The van der Waals surface area contributed by atoms with Crippen LogP contribution >= 0.6 is 0 Å². The number of pyridine rings is 1. The molecule has 0 bridgehead atoms. The maximum atomic E-state index is 4.62. The van der Waals surface area contributed by atoms with Gasteiger partial charge < -0.3 is 10.2 Å². The van der Waals surface area contributed by atoms with Crippen LogP contribution in [-0.4, -0.2) is 25.1 Å². The van der Waals surface area contributed by atoms with Crippen molar-refractivity contribution in [2.24, 2.45) is 5.41 Å². The lowest BCUT2D eigenvalue weighted by Gasteiger charge is -2.40. The van der Waals surface area contributed by atoms with Gasteiger partial charge in [-0.25, -0.2) is 4.98 Å². The first-order chi connectivity index (χ1) is 9.31. The highest BCUT2D eigenvalue weighted by molar-refractivity contribution is 5.40. The van der Waals surface area contributed by atoms with Crippen molar-refractivity contribution in [2.45, 2.75) is 45.1 Å². The van der Waals surface area contributed by atoms with Crippen molar-refractivity contribution < 1.29 is 0 Å². The Bertz CT molecular complexity index is 397. The van der Waals surface area contributed by atoms with Gasteiger partial charge >= 0.3 is 0 Å². The zero-order valence-electron chi connectivity index (χ0n) is 12.0. The van der Waals surface area contributed by atoms with Crippen LogP contribution in [0.1, 0.15) is 44.1 Å². The molecule has 3 rings (SSSR count). The average Bonchev–Trinajstić information content (AvgIpc) is 2.90. The number of rotatable bonds is 3. The van der Waals surface area contributed by atoms with Crippen molar-refractivity contribution in [3.05, 3.63) is 23.9 Å². The van der Waals surface area contributed by atoms with E-state index in [4.69, 9.17) is 0 Å². The minimum Gasteiger partial charge on any atom is -0.357 e. The molecule has 1 spiro atoms. The highest BCUT2D eigenvalue weighted by atomic mass is 15.2. The minimum atomic E-state index is 0.697. The van der Waals surface area contributed by atoms with Gasteiger partial charge in [0.05, 0.1) is 0 Å². The Morgan fingerprint density at radius 3 is 2.47 bits per heavy atom. The van der Waals surface area contributed by atoms with Crippen molar-refractivity contribution in [1.82, 2.24) is 10.3 Å². The van der Waals surface area contributed by atoms with Crippen LogP contribution in [0.3, 0.4) is 0 Å². The molecule has 1 N–H and O–H groups in total. The van der Waals surface area contributed by atoms with E-state index in [1.54, 1.807) is 0 Å². The van der Waals surface area contributed by atoms with E-state index >= 15 is 0 Å². The van der Waals surface area contributed by atoms with Crippen molar-refractivity contribution in [2.75, 3.05) is 25.0 Å². The highest BCUT2D eigenvalue weighted by Crippen LogP contribution is 2.46. The van der Waals surface area contributed by atoms with Crippen LogP contribution in [0.2, 0.25) is 0 Å². The van der Waals surface area contributed by atoms with E-state index in [1.165, 1.54) is 57.2 Å². The summed E-state index contributed by atoms with van der Waals surface area (Å²) >= 11 is 0. The van der Waals surface area contributed by atoms with Crippen LogP contribution in [0.25, 0.3) is 0 Å². The molecule has 0 unspecified atom stereocenters. The second-order valence-electron chi connectivity index (χ2n) is 6.25. The topological polar surface area (TPSA) is 28.2 Å². The third kappa shape index (κ3) is 2.76. The molecule has 2 heterocycles. The summed E-state index contributed by atoms with van der Waals surface area (Å²) in [6, 6.07) is 4.37. The lowest BCUT2D eigenvalue weighted by Crippen LogP contribution is -2.39. The molecule has 1 saturated carbocycles. The van der Waals surface area contributed by atoms with Crippen molar-refractivity contribution >= 4 is 5.82 Å². The summed E-state index contributed by atoms with van der Waals surface area (Å²) in [5.74, 6) is 1.16. The lowest BCUT2D eigenvalue weighted by molar-refractivity contribution is 0.226. The molecule has 0 radical (unpaired) electrons. The number of nitrogens with zero attached hydrogens (tertiary/aromatic N) is 2. The van der Waals surface area contributed by atoms with Crippen LogP contribution in [0.5, 0.6) is 0 Å². The molecule has 0 atom stereocenters. The monoisotopic (exact) mass is 259 g/mol. The van der Waals surface area contributed by atoms with Gasteiger partial charge in [0.25, 0.3) is 0 Å². The molecule has 1 aromatic heterocycles. The number of anilines is 1. The minimum absolute atomic E-state index is 0.697. The zero-order chi connectivity index (χ0) is 13.1. The zero-order valence-corrected chi connectivity index (χ0v) is 12.0. The molecule has 1 saturated heterocycles. The Labute approximate surface area is 116 Å². The number of piperidine rings is 1. The molecule has 1 aromatic rings. The molecule has 2 aliphatic rings. The van der Waals surface area contributed by atoms with Crippen LogP contribution in [0.4, 0.5) is 5.82 Å². The van der Waals surface area contributed by atoms with E-state index in [0.29, 0.717) is 5.41 Å². The SMILES string of the molecule is CNCc1ccc(N2CCC3(CCCC3)CC2)nc1. The maximum Gasteiger partial charge on any atom is 0.128 e. The van der Waals surface area contributed by atoms with Crippen molar-refractivity contribution in [3.63, 3.8) is 0 Å². The van der Waals surface area contributed by atoms with E-state index in [-0.39, 0.29) is 0 Å². The maximum absolute atomic E-state index is 4.62. The fourth-order valence-electron chi connectivity index (χ4n) is 3.75. The average molecular weight is 259 g/mol. The molecule has 1 aliphatic carbocycles. The summed E-state index contributed by atoms with van der Waals surface area (Å²) in [6.07, 6.45) is 10.6. The van der Waals surface area contributed by atoms with Crippen LogP contribution < -0.4 is 10.2 Å². The third-order valence-electron chi connectivity index (χ3n) is 5.00. The van der Waals surface area contributed by atoms with Gasteiger partial charge in [-0.2, -0.15) is 0 Å². The van der Waals surface area contributed by atoms with Gasteiger partial charge in [-0.3, -0.25) is 0 Å². The quantitative estimate of drug-likeness (QED) is 0.904. The summed E-state index contributed by atoms with van der Waals surface area (Å²) in [4.78, 5) is 7.09. The molecule has 3 nitrogen and oxygen atoms in total. The fraction of sp³-hybridized carbons (Fsp3) is 0.688. The summed E-state index contributed by atoms with van der Waals surface area (Å²) in [7, 11) is 1.97. The van der Waals surface area contributed by atoms with E-state index in [2.05, 4.69) is 27.3 Å². The number of hydrogen-bond donors (Lipinski definition) is 1. The fourth-order valence-corrected chi connectivity index (χ4v) is 3.75. The molecule has 104 valence electrons. The summed E-state index contributed by atoms with van der Waals surface area (Å²) in [5, 5.41) is 3.16. The van der Waals surface area contributed by atoms with Crippen molar-refractivity contribution in [1.29, 1.82) is 0 Å². The Kier molecular flexibility index (Phi) is 3.74. The predicted molar refractivity (Wildman–Crippen MR) is 79.3 cm³/mol. The number of hydrogen-bond acceptors (Lipinski definition) is 3. The van der Waals surface area contributed by atoms with E-state index < -0.39 is 0 Å². The van der Waals surface area contributed by atoms with E-state index in [0.717, 1.165) is 12.4 Å². The molecule has 3 heteroatoms. The number of nitrogens with one attached hydrogen (secondary N) is 1. The molecular formula is C16H25N3. The van der Waals surface area contributed by atoms with Gasteiger partial charge in [-0.05, 0) is 49.8 Å². The summed E-state index contributed by atoms with van der Waals surface area (Å²) in [5.41, 5.74) is 1.96. The van der Waals surface area contributed by atoms with Crippen molar-refractivity contribution in [3.8, 4) is 0 Å². The molecular weight excluding hydrogens is 234 g/mol. The lowest BCUT2D eigenvalue weighted by atomic mass is 9.77. The standard InChI is InChI=1S/C16H25N3/c1-17-12-14-4-5-15(18-13-14)19-10-8-16(9-11-19)6-2-3-7-16/h4-5,13,17H,2-3,6-12H2,1H3. The first-order valence-electron chi connectivity index (χ1n) is 7.66. The Morgan fingerprint density at radius 2 is 1.89 bits per heavy atom. The van der Waals surface area contributed by atoms with Gasteiger partial charge in [-0.15, -0.1) is 0 Å². The van der Waals surface area contributed by atoms with Crippen LogP contribution in [0, 0.1) is 5.41 Å². The smallest absolute Gasteiger partial charge is 0.128 e. The molecule has 0 amide bonds. The van der Waals surface area contributed by atoms with Gasteiger partial charge in [-0.1, -0.05) is 18.9 Å². The first kappa shape index (κ1) is 12.9. The van der Waals surface area contributed by atoms with Gasteiger partial charge in [0.2, 0.25) is 0 Å². The Balaban J connectivity index is 1.61. The van der Waals surface area contributed by atoms with Crippen LogP contribution in [0.15, 0.2) is 18.3 Å². The van der Waals surface area contributed by atoms with Gasteiger partial charge in [0, 0.05) is 25.8 Å². The Morgan fingerprint density at radius 1 is 1.16 bits per heavy atom. The Hall–Kier alpha value is -1.09. The van der Waals surface area contributed by atoms with E-state index in [9.17, 15) is 0 Å². The largest absolute Gasteiger partial charge is 0.357 e. The van der Waals surface area contributed by atoms with Crippen LogP contribution in [-0.2, 0) is 6.54 Å². The summed E-state index contributed by atoms with van der Waals surface area (Å²) < 4.78 is 0. The highest BCUT2D eigenvalue weighted by Gasteiger charge is 2.37. The third-order valence-corrected chi connectivity index (χ3v) is 5.00. The molecule has 2 fully saturated rings. The molecule has 0 aromatic carbocycles. The first-order valence-corrected chi connectivity index (χ1v) is 7.66. The molecule has 1 aliphatic heterocycles. The predicted octanol–water partition coefficient (Wildman–Crippen LogP) is 2.96. The second kappa shape index (κ2) is 5.49. The van der Waals surface area contributed by atoms with Gasteiger partial charge in [0.15, 0.2) is 0 Å². The summed E-state index contributed by atoms with van der Waals surface area (Å²) in [6.45, 7) is 3.28. The van der Waals surface area contributed by atoms with Gasteiger partial charge in [0.1, 0.15) is 5.82 Å². The van der Waals surface area contributed by atoms with E-state index in [1.807, 2.05) is 13.2 Å². The molecule has 19 heavy (non-hydrogen) atoms. The number of aromatic nitrogens is 1. The normalized spacial score (nSPS) is 22.1. The second-order valence-corrected chi connectivity index (χ2v) is 6.25.